The number of carbonyl (C=O) groups is 1. The molecule has 1 N–H and O–H groups in total. The highest BCUT2D eigenvalue weighted by Gasteiger charge is 2.16. The number of aliphatic carboxylic acids is 1. The molecule has 1 aliphatic heterocycles. The van der Waals surface area contributed by atoms with Crippen LogP contribution >= 0.6 is 11.6 Å². The lowest BCUT2D eigenvalue weighted by molar-refractivity contribution is -0.137. The van der Waals surface area contributed by atoms with Crippen LogP contribution in [0, 0.1) is 0 Å². The van der Waals surface area contributed by atoms with Crippen LogP contribution in [0.5, 0.6) is 11.5 Å². The summed E-state index contributed by atoms with van der Waals surface area (Å²) in [5, 5.41) is 9.31. The molecule has 0 aromatic heterocycles. The first-order chi connectivity index (χ1) is 10.1. The van der Waals surface area contributed by atoms with Crippen LogP contribution in [0.4, 0.5) is 0 Å². The van der Waals surface area contributed by atoms with Gasteiger partial charge < -0.3 is 14.6 Å². The molecule has 0 saturated carbocycles. The van der Waals surface area contributed by atoms with Gasteiger partial charge in [-0.2, -0.15) is 0 Å². The quantitative estimate of drug-likeness (QED) is 0.875. The monoisotopic (exact) mass is 313 g/mol. The molecule has 5 nitrogen and oxygen atoms in total. The zero-order valence-corrected chi connectivity index (χ0v) is 12.9. The lowest BCUT2D eigenvalue weighted by atomic mass is 10.1. The number of hydrogen-bond donors (Lipinski definition) is 1. The summed E-state index contributed by atoms with van der Waals surface area (Å²) in [4.78, 5) is 12.7. The first-order valence-electron chi connectivity index (χ1n) is 7.12. The second-order valence-corrected chi connectivity index (χ2v) is 5.38. The van der Waals surface area contributed by atoms with E-state index in [1.165, 1.54) is 0 Å². The SMILES string of the molecule is CCN(CCC(=O)O)Cc1cc(Cl)c2c(c1)OCCCO2. The summed E-state index contributed by atoms with van der Waals surface area (Å²) in [6, 6.07) is 3.79. The fraction of sp³-hybridized carbons (Fsp3) is 0.533. The number of benzene rings is 1. The van der Waals surface area contributed by atoms with Crippen LogP contribution in [0.2, 0.25) is 5.02 Å². The van der Waals surface area contributed by atoms with E-state index in [0.29, 0.717) is 42.8 Å². The van der Waals surface area contributed by atoms with Gasteiger partial charge in [0.25, 0.3) is 0 Å². The van der Waals surface area contributed by atoms with Crippen molar-refractivity contribution in [1.29, 1.82) is 0 Å². The van der Waals surface area contributed by atoms with Crippen LogP contribution in [0.25, 0.3) is 0 Å². The first-order valence-corrected chi connectivity index (χ1v) is 7.50. The molecule has 0 amide bonds. The highest BCUT2D eigenvalue weighted by molar-refractivity contribution is 6.32. The lowest BCUT2D eigenvalue weighted by Gasteiger charge is -2.20. The largest absolute Gasteiger partial charge is 0.489 e. The van der Waals surface area contributed by atoms with Crippen molar-refractivity contribution < 1.29 is 19.4 Å². The number of nitrogens with zero attached hydrogens (tertiary/aromatic N) is 1. The van der Waals surface area contributed by atoms with E-state index in [2.05, 4.69) is 4.90 Å². The third-order valence-corrected chi connectivity index (χ3v) is 3.64. The van der Waals surface area contributed by atoms with Gasteiger partial charge in [-0.3, -0.25) is 9.69 Å². The molecule has 0 bridgehead atoms. The van der Waals surface area contributed by atoms with Crippen LogP contribution in [-0.2, 0) is 11.3 Å². The molecule has 1 aliphatic rings. The summed E-state index contributed by atoms with van der Waals surface area (Å²) in [5.41, 5.74) is 0.997. The van der Waals surface area contributed by atoms with Crippen molar-refractivity contribution in [3.63, 3.8) is 0 Å². The van der Waals surface area contributed by atoms with E-state index in [1.807, 2.05) is 19.1 Å². The van der Waals surface area contributed by atoms with Crippen molar-refractivity contribution in [3.8, 4) is 11.5 Å². The van der Waals surface area contributed by atoms with Gasteiger partial charge in [0.1, 0.15) is 0 Å². The van der Waals surface area contributed by atoms with Gasteiger partial charge >= 0.3 is 5.97 Å². The highest BCUT2D eigenvalue weighted by Crippen LogP contribution is 2.38. The number of rotatable bonds is 6. The molecule has 1 aromatic rings. The zero-order valence-electron chi connectivity index (χ0n) is 12.1. The Hall–Kier alpha value is -1.46. The van der Waals surface area contributed by atoms with Gasteiger partial charge in [-0.15, -0.1) is 0 Å². The first kappa shape index (κ1) is 15.9. The van der Waals surface area contributed by atoms with Crippen molar-refractivity contribution in [3.05, 3.63) is 22.7 Å². The Morgan fingerprint density at radius 3 is 2.86 bits per heavy atom. The van der Waals surface area contributed by atoms with Crippen LogP contribution in [0.15, 0.2) is 12.1 Å². The van der Waals surface area contributed by atoms with Crippen LogP contribution in [-0.4, -0.2) is 42.3 Å². The molecule has 0 radical (unpaired) electrons. The summed E-state index contributed by atoms with van der Waals surface area (Å²) in [7, 11) is 0. The number of ether oxygens (including phenoxy) is 2. The van der Waals surface area contributed by atoms with E-state index in [9.17, 15) is 4.79 Å². The van der Waals surface area contributed by atoms with Crippen LogP contribution in [0.3, 0.4) is 0 Å². The van der Waals surface area contributed by atoms with Gasteiger partial charge in [0.15, 0.2) is 11.5 Å². The van der Waals surface area contributed by atoms with Gasteiger partial charge in [0.2, 0.25) is 0 Å². The van der Waals surface area contributed by atoms with E-state index < -0.39 is 5.97 Å². The lowest BCUT2D eigenvalue weighted by Crippen LogP contribution is -2.25. The fourth-order valence-electron chi connectivity index (χ4n) is 2.24. The number of halogens is 1. The minimum atomic E-state index is -0.787. The molecular weight excluding hydrogens is 294 g/mol. The van der Waals surface area contributed by atoms with Gasteiger partial charge in [-0.05, 0) is 24.2 Å². The molecule has 1 heterocycles. The Kier molecular flexibility index (Phi) is 5.70. The zero-order chi connectivity index (χ0) is 15.2. The Labute approximate surface area is 129 Å². The van der Waals surface area contributed by atoms with E-state index in [1.54, 1.807) is 0 Å². The van der Waals surface area contributed by atoms with E-state index >= 15 is 0 Å². The normalized spacial score (nSPS) is 14.0. The van der Waals surface area contributed by atoms with Crippen molar-refractivity contribution in [2.75, 3.05) is 26.3 Å². The van der Waals surface area contributed by atoms with Crippen molar-refractivity contribution in [2.45, 2.75) is 26.3 Å². The molecule has 21 heavy (non-hydrogen) atoms. The van der Waals surface area contributed by atoms with Crippen LogP contribution in [0.1, 0.15) is 25.3 Å². The third kappa shape index (κ3) is 4.51. The van der Waals surface area contributed by atoms with Gasteiger partial charge in [-0.25, -0.2) is 0 Å². The topological polar surface area (TPSA) is 59.0 Å². The second-order valence-electron chi connectivity index (χ2n) is 4.97. The number of hydrogen-bond acceptors (Lipinski definition) is 4. The maximum atomic E-state index is 10.7. The maximum Gasteiger partial charge on any atom is 0.304 e. The standard InChI is InChI=1S/C15H20ClNO4/c1-2-17(5-4-14(18)19)10-11-8-12(16)15-13(9-11)20-6-3-7-21-15/h8-9H,2-7,10H2,1H3,(H,18,19). The number of carboxylic acid groups (broad SMARTS) is 1. The molecule has 0 saturated heterocycles. The number of fused-ring (bicyclic) bond motifs is 1. The molecule has 1 aromatic carbocycles. The molecule has 0 fully saturated rings. The van der Waals surface area contributed by atoms with Gasteiger partial charge in [0, 0.05) is 19.5 Å². The molecule has 116 valence electrons. The van der Waals surface area contributed by atoms with Crippen LogP contribution < -0.4 is 9.47 Å². The summed E-state index contributed by atoms with van der Waals surface area (Å²) < 4.78 is 11.3. The second kappa shape index (κ2) is 7.52. The van der Waals surface area contributed by atoms with E-state index in [4.69, 9.17) is 26.2 Å². The average molecular weight is 314 g/mol. The predicted molar refractivity (Wildman–Crippen MR) is 80.3 cm³/mol. The highest BCUT2D eigenvalue weighted by atomic mass is 35.5. The Morgan fingerprint density at radius 1 is 1.38 bits per heavy atom. The molecular formula is C15H20ClNO4. The summed E-state index contributed by atoms with van der Waals surface area (Å²) in [5.74, 6) is 0.487. The summed E-state index contributed by atoms with van der Waals surface area (Å²) in [6.07, 6.45) is 0.964. The minimum Gasteiger partial charge on any atom is -0.489 e. The summed E-state index contributed by atoms with van der Waals surface area (Å²) >= 11 is 6.26. The maximum absolute atomic E-state index is 10.7. The molecule has 2 rings (SSSR count). The molecule has 0 atom stereocenters. The smallest absolute Gasteiger partial charge is 0.304 e. The molecule has 0 spiro atoms. The Morgan fingerprint density at radius 2 is 2.14 bits per heavy atom. The van der Waals surface area contributed by atoms with Crippen molar-refractivity contribution >= 4 is 17.6 Å². The summed E-state index contributed by atoms with van der Waals surface area (Å²) in [6.45, 7) is 5.15. The van der Waals surface area contributed by atoms with E-state index in [0.717, 1.165) is 18.5 Å². The van der Waals surface area contributed by atoms with Crippen molar-refractivity contribution in [2.24, 2.45) is 0 Å². The minimum absolute atomic E-state index is 0.131. The molecule has 0 aliphatic carbocycles. The van der Waals surface area contributed by atoms with Crippen molar-refractivity contribution in [1.82, 2.24) is 4.90 Å². The molecule has 6 heteroatoms. The molecule has 0 unspecified atom stereocenters. The van der Waals surface area contributed by atoms with Gasteiger partial charge in [-0.1, -0.05) is 18.5 Å². The third-order valence-electron chi connectivity index (χ3n) is 3.36. The average Bonchev–Trinajstić information content (AvgIpc) is 2.69. The number of carboxylic acids is 1. The Balaban J connectivity index is 2.10. The van der Waals surface area contributed by atoms with Gasteiger partial charge in [0.05, 0.1) is 24.7 Å². The predicted octanol–water partition coefficient (Wildman–Crippen LogP) is 2.80. The fourth-order valence-corrected chi connectivity index (χ4v) is 2.52. The van der Waals surface area contributed by atoms with E-state index in [-0.39, 0.29) is 6.42 Å². The Bertz CT molecular complexity index is 507.